The van der Waals surface area contributed by atoms with Crippen molar-refractivity contribution >= 4 is 11.7 Å². The number of hydrogen-bond donors (Lipinski definition) is 0. The summed E-state index contributed by atoms with van der Waals surface area (Å²) >= 11 is 0. The van der Waals surface area contributed by atoms with Crippen molar-refractivity contribution in [2.75, 3.05) is 33.2 Å². The summed E-state index contributed by atoms with van der Waals surface area (Å²) in [5.74, 6) is 0.433. The molecule has 4 nitrogen and oxygen atoms in total. The maximum Gasteiger partial charge on any atom is 0.246 e. The van der Waals surface area contributed by atoms with E-state index >= 15 is 0 Å². The van der Waals surface area contributed by atoms with Crippen molar-refractivity contribution in [3.8, 4) is 0 Å². The molecule has 0 spiro atoms. The zero-order chi connectivity index (χ0) is 17.6. The van der Waals surface area contributed by atoms with Gasteiger partial charge in [-0.3, -0.25) is 9.59 Å². The Morgan fingerprint density at radius 1 is 1.00 bits per heavy atom. The molecule has 1 aliphatic carbocycles. The maximum absolute atomic E-state index is 12.5. The summed E-state index contributed by atoms with van der Waals surface area (Å²) in [4.78, 5) is 28.7. The topological polar surface area (TPSA) is 40.6 Å². The van der Waals surface area contributed by atoms with Crippen molar-refractivity contribution in [1.29, 1.82) is 0 Å². The van der Waals surface area contributed by atoms with Gasteiger partial charge in [0.05, 0.1) is 0 Å². The van der Waals surface area contributed by atoms with E-state index in [0.29, 0.717) is 11.5 Å². The van der Waals surface area contributed by atoms with Gasteiger partial charge in [-0.1, -0.05) is 37.5 Å². The highest BCUT2D eigenvalue weighted by Gasteiger charge is 2.18. The second-order valence-electron chi connectivity index (χ2n) is 7.29. The molecular weight excluding hydrogens is 312 g/mol. The van der Waals surface area contributed by atoms with Crippen LogP contribution >= 0.6 is 0 Å². The Bertz CT molecular complexity index is 639. The molecule has 4 heteroatoms. The number of amides is 1. The largest absolute Gasteiger partial charge is 0.337 e. The first-order valence-corrected chi connectivity index (χ1v) is 9.43. The molecule has 1 aromatic carbocycles. The van der Waals surface area contributed by atoms with Crippen LogP contribution in [0.15, 0.2) is 36.4 Å². The van der Waals surface area contributed by atoms with Gasteiger partial charge in [0.15, 0.2) is 5.78 Å². The molecule has 1 aliphatic heterocycles. The SMILES string of the molecule is CN1CCN(C(=O)/C=C/C(=O)c2cccc(C3CCCCC3)c2)CC1. The van der Waals surface area contributed by atoms with Crippen LogP contribution in [0.2, 0.25) is 0 Å². The standard InChI is InChI=1S/C21H28N2O2/c1-22-12-14-23(15-13-22)21(25)11-10-20(24)19-9-5-8-18(16-19)17-6-3-2-4-7-17/h5,8-11,16-17H,2-4,6-7,12-15H2,1H3/b11-10+. The molecule has 2 aliphatic rings. The van der Waals surface area contributed by atoms with E-state index < -0.39 is 0 Å². The van der Waals surface area contributed by atoms with E-state index in [1.165, 1.54) is 49.8 Å². The Hall–Kier alpha value is -1.94. The number of hydrogen-bond acceptors (Lipinski definition) is 3. The molecule has 0 aromatic heterocycles. The first kappa shape index (κ1) is 17.9. The van der Waals surface area contributed by atoms with Crippen molar-refractivity contribution in [2.45, 2.75) is 38.0 Å². The smallest absolute Gasteiger partial charge is 0.246 e. The Morgan fingerprint density at radius 2 is 1.72 bits per heavy atom. The molecule has 1 aromatic rings. The van der Waals surface area contributed by atoms with Gasteiger partial charge in [0, 0.05) is 37.8 Å². The van der Waals surface area contributed by atoms with E-state index in [0.717, 1.165) is 26.2 Å². The Balaban J connectivity index is 1.61. The van der Waals surface area contributed by atoms with Gasteiger partial charge < -0.3 is 9.80 Å². The van der Waals surface area contributed by atoms with Crippen LogP contribution in [0.1, 0.15) is 53.9 Å². The fourth-order valence-electron chi connectivity index (χ4n) is 3.76. The van der Waals surface area contributed by atoms with Crippen LogP contribution in [0, 0.1) is 0 Å². The van der Waals surface area contributed by atoms with Crippen molar-refractivity contribution in [2.24, 2.45) is 0 Å². The summed E-state index contributed by atoms with van der Waals surface area (Å²) in [6.45, 7) is 3.23. The van der Waals surface area contributed by atoms with Crippen LogP contribution in [-0.2, 0) is 4.79 Å². The van der Waals surface area contributed by atoms with Gasteiger partial charge >= 0.3 is 0 Å². The molecule has 2 fully saturated rings. The van der Waals surface area contributed by atoms with Crippen molar-refractivity contribution in [1.82, 2.24) is 9.80 Å². The highest BCUT2D eigenvalue weighted by Crippen LogP contribution is 2.32. The van der Waals surface area contributed by atoms with Crippen LogP contribution in [0.3, 0.4) is 0 Å². The first-order valence-electron chi connectivity index (χ1n) is 9.43. The average molecular weight is 340 g/mol. The highest BCUT2D eigenvalue weighted by molar-refractivity contribution is 6.07. The number of carbonyl (C=O) groups is 2. The zero-order valence-corrected chi connectivity index (χ0v) is 15.1. The lowest BCUT2D eigenvalue weighted by atomic mass is 9.83. The van der Waals surface area contributed by atoms with Crippen LogP contribution in [0.25, 0.3) is 0 Å². The molecule has 0 N–H and O–H groups in total. The fraction of sp³-hybridized carbons (Fsp3) is 0.524. The van der Waals surface area contributed by atoms with Gasteiger partial charge in [-0.05, 0) is 43.5 Å². The minimum absolute atomic E-state index is 0.0649. The summed E-state index contributed by atoms with van der Waals surface area (Å²) in [7, 11) is 2.06. The molecule has 25 heavy (non-hydrogen) atoms. The second-order valence-corrected chi connectivity index (χ2v) is 7.29. The number of likely N-dealkylation sites (N-methyl/N-ethyl adjacent to an activating group) is 1. The summed E-state index contributed by atoms with van der Waals surface area (Å²) < 4.78 is 0. The lowest BCUT2D eigenvalue weighted by Crippen LogP contribution is -2.46. The minimum atomic E-state index is -0.0832. The summed E-state index contributed by atoms with van der Waals surface area (Å²) in [6, 6.07) is 7.96. The quantitative estimate of drug-likeness (QED) is 0.624. The molecule has 0 radical (unpaired) electrons. The highest BCUT2D eigenvalue weighted by atomic mass is 16.2. The Morgan fingerprint density at radius 3 is 2.44 bits per heavy atom. The molecule has 3 rings (SSSR count). The van der Waals surface area contributed by atoms with Gasteiger partial charge in [-0.2, -0.15) is 0 Å². The molecule has 0 unspecified atom stereocenters. The van der Waals surface area contributed by atoms with Gasteiger partial charge in [0.2, 0.25) is 5.91 Å². The number of allylic oxidation sites excluding steroid dienone is 1. The minimum Gasteiger partial charge on any atom is -0.337 e. The number of carbonyl (C=O) groups excluding carboxylic acids is 2. The van der Waals surface area contributed by atoms with Crippen molar-refractivity contribution in [3.05, 3.63) is 47.5 Å². The molecule has 1 heterocycles. The average Bonchev–Trinajstić information content (AvgIpc) is 2.67. The van der Waals surface area contributed by atoms with Crippen molar-refractivity contribution in [3.63, 3.8) is 0 Å². The number of ketones is 1. The monoisotopic (exact) mass is 340 g/mol. The van der Waals surface area contributed by atoms with Gasteiger partial charge in [0.1, 0.15) is 0 Å². The van der Waals surface area contributed by atoms with E-state index in [9.17, 15) is 9.59 Å². The van der Waals surface area contributed by atoms with Gasteiger partial charge in [-0.25, -0.2) is 0 Å². The van der Waals surface area contributed by atoms with Crippen LogP contribution in [-0.4, -0.2) is 54.7 Å². The van der Waals surface area contributed by atoms with Crippen molar-refractivity contribution < 1.29 is 9.59 Å². The predicted octanol–water partition coefficient (Wildman–Crippen LogP) is 3.25. The molecule has 0 bridgehead atoms. The normalized spacial score (nSPS) is 20.1. The Kier molecular flexibility index (Phi) is 6.03. The first-order chi connectivity index (χ1) is 12.1. The number of rotatable bonds is 4. The lowest BCUT2D eigenvalue weighted by Gasteiger charge is -2.31. The van der Waals surface area contributed by atoms with Gasteiger partial charge in [-0.15, -0.1) is 0 Å². The number of piperazine rings is 1. The molecular formula is C21H28N2O2. The zero-order valence-electron chi connectivity index (χ0n) is 15.1. The third-order valence-electron chi connectivity index (χ3n) is 5.44. The third-order valence-corrected chi connectivity index (χ3v) is 5.44. The summed E-state index contributed by atoms with van der Waals surface area (Å²) in [5.41, 5.74) is 1.95. The second kappa shape index (κ2) is 8.43. The van der Waals surface area contributed by atoms with E-state index in [4.69, 9.17) is 0 Å². The van der Waals surface area contributed by atoms with Crippen LogP contribution in [0.4, 0.5) is 0 Å². The molecule has 0 atom stereocenters. The van der Waals surface area contributed by atoms with Gasteiger partial charge in [0.25, 0.3) is 0 Å². The third kappa shape index (κ3) is 4.79. The molecule has 1 saturated heterocycles. The fourth-order valence-corrected chi connectivity index (χ4v) is 3.76. The van der Waals surface area contributed by atoms with Crippen LogP contribution in [0.5, 0.6) is 0 Å². The maximum atomic E-state index is 12.5. The van der Waals surface area contributed by atoms with E-state index in [-0.39, 0.29) is 11.7 Å². The summed E-state index contributed by atoms with van der Waals surface area (Å²) in [5, 5.41) is 0. The lowest BCUT2D eigenvalue weighted by molar-refractivity contribution is -0.127. The summed E-state index contributed by atoms with van der Waals surface area (Å²) in [6.07, 6.45) is 9.18. The predicted molar refractivity (Wildman–Crippen MR) is 99.8 cm³/mol. The molecule has 1 saturated carbocycles. The molecule has 134 valence electrons. The van der Waals surface area contributed by atoms with E-state index in [1.807, 2.05) is 23.1 Å². The number of benzene rings is 1. The van der Waals surface area contributed by atoms with Crippen LogP contribution < -0.4 is 0 Å². The Labute approximate surface area is 150 Å². The van der Waals surface area contributed by atoms with E-state index in [1.54, 1.807) is 0 Å². The molecule has 1 amide bonds. The van der Waals surface area contributed by atoms with E-state index in [2.05, 4.69) is 18.0 Å². The number of nitrogens with zero attached hydrogens (tertiary/aromatic N) is 2.